The maximum atomic E-state index is 12.9. The molecule has 3 aliphatic rings. The maximum Gasteiger partial charge on any atom is 0.243 e. The lowest BCUT2D eigenvalue weighted by Crippen LogP contribution is -2.54. The number of carbonyl (C=O) groups is 1. The fraction of sp³-hybridized carbons (Fsp3) is 0.611. The first-order valence-electron chi connectivity index (χ1n) is 9.18. The van der Waals surface area contributed by atoms with Gasteiger partial charge in [-0.1, -0.05) is 17.7 Å². The number of hydrogen-bond acceptors (Lipinski definition) is 4. The third-order valence-electron chi connectivity index (χ3n) is 6.25. The Morgan fingerprint density at radius 2 is 1.81 bits per heavy atom. The normalized spacial score (nSPS) is 32.2. The first-order chi connectivity index (χ1) is 12.4. The highest BCUT2D eigenvalue weighted by Gasteiger charge is 2.50. The summed E-state index contributed by atoms with van der Waals surface area (Å²) in [5, 5.41) is 0.394. The molecule has 26 heavy (non-hydrogen) atoms. The molecule has 2 aliphatic carbocycles. The lowest BCUT2D eigenvalue weighted by Gasteiger charge is -2.38. The number of amides is 1. The third-order valence-corrected chi connectivity index (χ3v) is 8.38. The zero-order chi connectivity index (χ0) is 18.5. The molecule has 142 valence electrons. The van der Waals surface area contributed by atoms with Crippen LogP contribution in [0.5, 0.6) is 0 Å². The molecule has 1 amide bonds. The van der Waals surface area contributed by atoms with E-state index in [0.717, 1.165) is 19.3 Å². The topological polar surface area (TPSA) is 83.7 Å². The minimum absolute atomic E-state index is 0.0329. The van der Waals surface area contributed by atoms with Gasteiger partial charge in [0.15, 0.2) is 0 Å². The van der Waals surface area contributed by atoms with Gasteiger partial charge < -0.3 is 10.6 Å². The number of nitrogens with zero attached hydrogens (tertiary/aromatic N) is 2. The molecule has 0 spiro atoms. The Balaban J connectivity index is 1.42. The Morgan fingerprint density at radius 3 is 2.42 bits per heavy atom. The van der Waals surface area contributed by atoms with Crippen molar-refractivity contribution in [1.29, 1.82) is 0 Å². The number of fused-ring (bicyclic) bond motifs is 2. The van der Waals surface area contributed by atoms with Crippen molar-refractivity contribution in [1.82, 2.24) is 9.21 Å². The second kappa shape index (κ2) is 6.78. The van der Waals surface area contributed by atoms with Crippen molar-refractivity contribution in [3.05, 3.63) is 29.3 Å². The summed E-state index contributed by atoms with van der Waals surface area (Å²) in [6.07, 6.45) is 3.31. The minimum Gasteiger partial charge on any atom is -0.340 e. The van der Waals surface area contributed by atoms with Crippen LogP contribution in [0.4, 0.5) is 0 Å². The summed E-state index contributed by atoms with van der Waals surface area (Å²) in [6.45, 7) is 1.44. The van der Waals surface area contributed by atoms with Crippen LogP contribution in [0.25, 0.3) is 0 Å². The summed E-state index contributed by atoms with van der Waals surface area (Å²) in [5.74, 6) is 0.934. The molecule has 1 aliphatic heterocycles. The molecule has 1 heterocycles. The predicted octanol–water partition coefficient (Wildman–Crippen LogP) is 1.55. The zero-order valence-electron chi connectivity index (χ0n) is 14.6. The summed E-state index contributed by atoms with van der Waals surface area (Å²) >= 11 is 5.92. The number of carbonyl (C=O) groups excluding carboxylic acids is 1. The summed E-state index contributed by atoms with van der Waals surface area (Å²) in [4.78, 5) is 14.9. The van der Waals surface area contributed by atoms with E-state index in [4.69, 9.17) is 17.3 Å². The van der Waals surface area contributed by atoms with Gasteiger partial charge in [0.25, 0.3) is 0 Å². The number of benzene rings is 1. The van der Waals surface area contributed by atoms with Crippen LogP contribution in [-0.2, 0) is 14.8 Å². The molecule has 1 aromatic rings. The Bertz CT molecular complexity index is 806. The average Bonchev–Trinajstić information content (AvgIpc) is 3.22. The number of piperazine rings is 1. The molecule has 4 unspecified atom stereocenters. The molecule has 1 saturated heterocycles. The quantitative estimate of drug-likeness (QED) is 0.838. The van der Waals surface area contributed by atoms with Gasteiger partial charge >= 0.3 is 0 Å². The van der Waals surface area contributed by atoms with Gasteiger partial charge in [-0.15, -0.1) is 0 Å². The first kappa shape index (κ1) is 18.2. The van der Waals surface area contributed by atoms with Crippen molar-refractivity contribution < 1.29 is 13.2 Å². The molecule has 1 aromatic carbocycles. The third kappa shape index (κ3) is 3.05. The molecular weight excluding hydrogens is 374 g/mol. The Hall–Kier alpha value is -1.15. The summed E-state index contributed by atoms with van der Waals surface area (Å²) < 4.78 is 27.0. The van der Waals surface area contributed by atoms with Gasteiger partial charge in [0.05, 0.1) is 10.8 Å². The summed E-state index contributed by atoms with van der Waals surface area (Å²) in [5.41, 5.74) is 6.29. The van der Waals surface area contributed by atoms with Crippen LogP contribution in [0.1, 0.15) is 19.3 Å². The van der Waals surface area contributed by atoms with E-state index < -0.39 is 10.0 Å². The van der Waals surface area contributed by atoms with Crippen LogP contribution >= 0.6 is 11.6 Å². The second-order valence-electron chi connectivity index (χ2n) is 7.62. The van der Waals surface area contributed by atoms with E-state index in [1.54, 1.807) is 23.1 Å². The lowest BCUT2D eigenvalue weighted by atomic mass is 9.84. The first-order valence-corrected chi connectivity index (χ1v) is 11.0. The van der Waals surface area contributed by atoms with Gasteiger partial charge in [-0.05, 0) is 49.3 Å². The van der Waals surface area contributed by atoms with Crippen molar-refractivity contribution in [2.45, 2.75) is 30.2 Å². The molecule has 4 rings (SSSR count). The molecule has 3 fully saturated rings. The van der Waals surface area contributed by atoms with E-state index in [9.17, 15) is 13.2 Å². The molecule has 2 N–H and O–H groups in total. The highest BCUT2D eigenvalue weighted by atomic mass is 35.5. The summed E-state index contributed by atoms with van der Waals surface area (Å²) in [7, 11) is -3.59. The fourth-order valence-electron chi connectivity index (χ4n) is 4.84. The van der Waals surface area contributed by atoms with E-state index in [2.05, 4.69) is 0 Å². The van der Waals surface area contributed by atoms with Gasteiger partial charge in [0.2, 0.25) is 15.9 Å². The molecule has 8 heteroatoms. The van der Waals surface area contributed by atoms with Crippen molar-refractivity contribution in [3.63, 3.8) is 0 Å². The Morgan fingerprint density at radius 1 is 1.12 bits per heavy atom. The van der Waals surface area contributed by atoms with E-state index in [1.165, 1.54) is 10.4 Å². The SMILES string of the molecule is NC1C2CCC(C2)C1C(=O)N1CCN(S(=O)(=O)c2cccc(Cl)c2)CC1. The lowest BCUT2D eigenvalue weighted by molar-refractivity contribution is -0.139. The van der Waals surface area contributed by atoms with Crippen LogP contribution < -0.4 is 5.73 Å². The van der Waals surface area contributed by atoms with Crippen molar-refractivity contribution in [3.8, 4) is 0 Å². The number of sulfonamides is 1. The Labute approximate surface area is 159 Å². The molecule has 6 nitrogen and oxygen atoms in total. The standard InChI is InChI=1S/C18H24ClN3O3S/c19-14-2-1-3-15(11-14)26(24,25)22-8-6-21(7-9-22)18(23)16-12-4-5-13(10-12)17(16)20/h1-3,11-13,16-17H,4-10,20H2. The van der Waals surface area contributed by atoms with Crippen molar-refractivity contribution in [2.24, 2.45) is 23.5 Å². The monoisotopic (exact) mass is 397 g/mol. The highest BCUT2D eigenvalue weighted by molar-refractivity contribution is 7.89. The number of halogens is 1. The fourth-order valence-corrected chi connectivity index (χ4v) is 6.56. The van der Waals surface area contributed by atoms with Crippen molar-refractivity contribution >= 4 is 27.5 Å². The highest BCUT2D eigenvalue weighted by Crippen LogP contribution is 2.48. The van der Waals surface area contributed by atoms with Gasteiger partial charge in [0, 0.05) is 37.2 Å². The molecule has 2 saturated carbocycles. The largest absolute Gasteiger partial charge is 0.340 e. The van der Waals surface area contributed by atoms with Crippen LogP contribution in [0.3, 0.4) is 0 Å². The Kier molecular flexibility index (Phi) is 4.75. The number of nitrogens with two attached hydrogens (primary N) is 1. The smallest absolute Gasteiger partial charge is 0.243 e. The molecular formula is C18H24ClN3O3S. The van der Waals surface area contributed by atoms with Crippen LogP contribution in [0.15, 0.2) is 29.2 Å². The average molecular weight is 398 g/mol. The van der Waals surface area contributed by atoms with Crippen LogP contribution in [0, 0.1) is 17.8 Å². The summed E-state index contributed by atoms with van der Waals surface area (Å²) in [6, 6.07) is 6.26. The number of rotatable bonds is 3. The second-order valence-corrected chi connectivity index (χ2v) is 10.00. The predicted molar refractivity (Wildman–Crippen MR) is 99.1 cm³/mol. The van der Waals surface area contributed by atoms with Crippen molar-refractivity contribution in [2.75, 3.05) is 26.2 Å². The van der Waals surface area contributed by atoms with E-state index in [1.807, 2.05) is 0 Å². The van der Waals surface area contributed by atoms with Crippen LogP contribution in [-0.4, -0.2) is 55.8 Å². The van der Waals surface area contributed by atoms with E-state index in [-0.39, 0.29) is 22.8 Å². The van der Waals surface area contributed by atoms with Gasteiger partial charge in [-0.2, -0.15) is 4.31 Å². The molecule has 4 atom stereocenters. The zero-order valence-corrected chi connectivity index (χ0v) is 16.1. The minimum atomic E-state index is -3.59. The van der Waals surface area contributed by atoms with Gasteiger partial charge in [-0.25, -0.2) is 8.42 Å². The molecule has 0 radical (unpaired) electrons. The maximum absolute atomic E-state index is 12.9. The molecule has 0 aromatic heterocycles. The molecule has 2 bridgehead atoms. The van der Waals surface area contributed by atoms with Gasteiger partial charge in [0.1, 0.15) is 0 Å². The number of hydrogen-bond donors (Lipinski definition) is 1. The van der Waals surface area contributed by atoms with E-state index >= 15 is 0 Å². The van der Waals surface area contributed by atoms with Crippen LogP contribution in [0.2, 0.25) is 5.02 Å². The van der Waals surface area contributed by atoms with E-state index in [0.29, 0.717) is 43.0 Å². The van der Waals surface area contributed by atoms with Gasteiger partial charge in [-0.3, -0.25) is 4.79 Å².